The summed E-state index contributed by atoms with van der Waals surface area (Å²) in [5.41, 5.74) is 2.56. The van der Waals surface area contributed by atoms with Crippen LogP contribution in [0, 0.1) is 0 Å². The third-order valence-electron chi connectivity index (χ3n) is 5.95. The van der Waals surface area contributed by atoms with Crippen LogP contribution in [-0.2, 0) is 11.2 Å². The number of carbonyl (C=O) groups is 1. The number of carbonyl (C=O) groups excluding carboxylic acids is 1. The molecule has 0 bridgehead atoms. The molecule has 1 atom stereocenters. The number of piperazine rings is 1. The minimum Gasteiger partial charge on any atom is -0.497 e. The Morgan fingerprint density at radius 3 is 2.75 bits per heavy atom. The van der Waals surface area contributed by atoms with Crippen LogP contribution >= 0.6 is 11.3 Å². The van der Waals surface area contributed by atoms with Crippen molar-refractivity contribution in [2.45, 2.75) is 25.8 Å². The number of methoxy groups -OCH3 is 1. The zero-order valence-electron chi connectivity index (χ0n) is 16.8. The zero-order valence-corrected chi connectivity index (χ0v) is 17.6. The Kier molecular flexibility index (Phi) is 5.87. The van der Waals surface area contributed by atoms with Crippen LogP contribution in [0.25, 0.3) is 0 Å². The van der Waals surface area contributed by atoms with Gasteiger partial charge >= 0.3 is 0 Å². The number of rotatable bonds is 5. The zero-order chi connectivity index (χ0) is 19.5. The van der Waals surface area contributed by atoms with Gasteiger partial charge in [0.05, 0.1) is 19.7 Å². The van der Waals surface area contributed by atoms with E-state index in [-0.39, 0.29) is 11.9 Å². The molecule has 6 heteroatoms. The maximum atomic E-state index is 13.1. The van der Waals surface area contributed by atoms with Gasteiger partial charge in [0.2, 0.25) is 5.91 Å². The summed E-state index contributed by atoms with van der Waals surface area (Å²) in [7, 11) is 1.70. The lowest BCUT2D eigenvalue weighted by atomic mass is 9.97. The fourth-order valence-electron chi connectivity index (χ4n) is 4.39. The fourth-order valence-corrected chi connectivity index (χ4v) is 5.32. The molecule has 0 radical (unpaired) electrons. The number of nitrogens with zero attached hydrogens (tertiary/aromatic N) is 3. The molecule has 28 heavy (non-hydrogen) atoms. The number of benzene rings is 1. The van der Waals surface area contributed by atoms with Crippen LogP contribution in [0.5, 0.6) is 5.75 Å². The number of ether oxygens (including phenoxy) is 1. The molecule has 1 saturated heterocycles. The van der Waals surface area contributed by atoms with Gasteiger partial charge in [0.15, 0.2) is 0 Å². The van der Waals surface area contributed by atoms with E-state index in [0.29, 0.717) is 6.54 Å². The van der Waals surface area contributed by atoms with Gasteiger partial charge in [0.1, 0.15) is 5.75 Å². The van der Waals surface area contributed by atoms with E-state index in [0.717, 1.165) is 51.3 Å². The number of anilines is 1. The van der Waals surface area contributed by atoms with Gasteiger partial charge in [-0.2, -0.15) is 0 Å². The third-order valence-corrected chi connectivity index (χ3v) is 6.95. The Balaban J connectivity index is 1.34. The van der Waals surface area contributed by atoms with Crippen molar-refractivity contribution in [2.24, 2.45) is 0 Å². The highest BCUT2D eigenvalue weighted by Crippen LogP contribution is 2.35. The number of thiophene rings is 1. The molecule has 1 fully saturated rings. The second-order valence-corrected chi connectivity index (χ2v) is 8.53. The Hall–Kier alpha value is -2.05. The lowest BCUT2D eigenvalue weighted by Gasteiger charge is -2.39. The summed E-state index contributed by atoms with van der Waals surface area (Å²) >= 11 is 1.83. The molecule has 1 unspecified atom stereocenters. The second-order valence-electron chi connectivity index (χ2n) is 7.52. The van der Waals surface area contributed by atoms with Crippen LogP contribution < -0.4 is 9.64 Å². The molecule has 4 rings (SSSR count). The van der Waals surface area contributed by atoms with E-state index in [1.165, 1.54) is 16.1 Å². The molecule has 150 valence electrons. The number of fused-ring (bicyclic) bond motifs is 1. The van der Waals surface area contributed by atoms with E-state index in [2.05, 4.69) is 45.2 Å². The van der Waals surface area contributed by atoms with E-state index in [4.69, 9.17) is 4.74 Å². The van der Waals surface area contributed by atoms with Crippen molar-refractivity contribution in [3.8, 4) is 5.75 Å². The molecule has 2 aliphatic heterocycles. The molecule has 1 aromatic carbocycles. The van der Waals surface area contributed by atoms with E-state index in [1.807, 2.05) is 23.5 Å². The van der Waals surface area contributed by atoms with Gasteiger partial charge in [-0.15, -0.1) is 11.3 Å². The minimum atomic E-state index is 0.251. The highest BCUT2D eigenvalue weighted by Gasteiger charge is 2.31. The van der Waals surface area contributed by atoms with Crippen molar-refractivity contribution < 1.29 is 9.53 Å². The Morgan fingerprint density at radius 2 is 2.00 bits per heavy atom. The molecule has 2 aromatic rings. The monoisotopic (exact) mass is 399 g/mol. The molecule has 0 spiro atoms. The normalized spacial score (nSPS) is 20.1. The first-order valence-electron chi connectivity index (χ1n) is 10.2. The van der Waals surface area contributed by atoms with E-state index in [1.54, 1.807) is 7.11 Å². The van der Waals surface area contributed by atoms with Gasteiger partial charge in [0.25, 0.3) is 0 Å². The van der Waals surface area contributed by atoms with Gasteiger partial charge in [-0.1, -0.05) is 13.0 Å². The van der Waals surface area contributed by atoms with Gasteiger partial charge in [0, 0.05) is 49.4 Å². The molecule has 0 saturated carbocycles. The van der Waals surface area contributed by atoms with Crippen molar-refractivity contribution in [3.05, 3.63) is 46.2 Å². The van der Waals surface area contributed by atoms with Crippen LogP contribution in [0.2, 0.25) is 0 Å². The molecule has 0 N–H and O–H groups in total. The first-order valence-corrected chi connectivity index (χ1v) is 11.0. The Labute approximate surface area is 171 Å². The van der Waals surface area contributed by atoms with Crippen LogP contribution in [0.4, 0.5) is 5.69 Å². The summed E-state index contributed by atoms with van der Waals surface area (Å²) in [5, 5.41) is 2.17. The highest BCUT2D eigenvalue weighted by molar-refractivity contribution is 7.10. The fraction of sp³-hybridized carbons (Fsp3) is 0.500. The number of hydrogen-bond acceptors (Lipinski definition) is 5. The van der Waals surface area contributed by atoms with Gasteiger partial charge < -0.3 is 14.5 Å². The van der Waals surface area contributed by atoms with E-state index >= 15 is 0 Å². The molecule has 1 aromatic heterocycles. The minimum absolute atomic E-state index is 0.251. The van der Waals surface area contributed by atoms with Crippen LogP contribution in [0.1, 0.15) is 29.8 Å². The predicted molar refractivity (Wildman–Crippen MR) is 114 cm³/mol. The average Bonchev–Trinajstić information content (AvgIpc) is 3.22. The number of amides is 1. The molecular formula is C22H29N3O2S. The van der Waals surface area contributed by atoms with E-state index < -0.39 is 0 Å². The molecule has 2 aliphatic rings. The number of hydrogen-bond donors (Lipinski definition) is 0. The highest BCUT2D eigenvalue weighted by atomic mass is 32.1. The largest absolute Gasteiger partial charge is 0.497 e. The van der Waals surface area contributed by atoms with Crippen molar-refractivity contribution >= 4 is 22.9 Å². The maximum absolute atomic E-state index is 13.1. The predicted octanol–water partition coefficient (Wildman–Crippen LogP) is 3.41. The summed E-state index contributed by atoms with van der Waals surface area (Å²) in [5.74, 6) is 1.16. The smallest absolute Gasteiger partial charge is 0.237 e. The summed E-state index contributed by atoms with van der Waals surface area (Å²) < 4.78 is 5.34. The van der Waals surface area contributed by atoms with Crippen molar-refractivity contribution in [2.75, 3.05) is 51.3 Å². The summed E-state index contributed by atoms with van der Waals surface area (Å²) in [6.45, 7) is 7.27. The van der Waals surface area contributed by atoms with Crippen molar-refractivity contribution in [3.63, 3.8) is 0 Å². The quantitative estimate of drug-likeness (QED) is 0.772. The molecule has 1 amide bonds. The first-order chi connectivity index (χ1) is 13.7. The van der Waals surface area contributed by atoms with Crippen LogP contribution in [0.3, 0.4) is 0 Å². The molecular weight excluding hydrogens is 370 g/mol. The molecule has 0 aliphatic carbocycles. The standard InChI is InChI=1S/C22H29N3O2S/c1-3-20-19-8-14-28-21(19)7-9-25(20)22(26)16-23-10-12-24(13-11-23)17-5-4-6-18(15-17)27-2/h4-6,8,14-15,20H,3,7,9-13,16H2,1-2H3. The van der Waals surface area contributed by atoms with Gasteiger partial charge in [-0.3, -0.25) is 9.69 Å². The Morgan fingerprint density at radius 1 is 1.18 bits per heavy atom. The average molecular weight is 400 g/mol. The van der Waals surface area contributed by atoms with E-state index in [9.17, 15) is 4.79 Å². The van der Waals surface area contributed by atoms with Crippen LogP contribution in [-0.4, -0.2) is 62.1 Å². The first kappa shape index (κ1) is 19.3. The van der Waals surface area contributed by atoms with Gasteiger partial charge in [-0.25, -0.2) is 0 Å². The topological polar surface area (TPSA) is 36.0 Å². The Bertz CT molecular complexity index is 814. The van der Waals surface area contributed by atoms with Crippen molar-refractivity contribution in [1.29, 1.82) is 0 Å². The molecule has 3 heterocycles. The maximum Gasteiger partial charge on any atom is 0.237 e. The summed E-state index contributed by atoms with van der Waals surface area (Å²) in [4.78, 5) is 21.3. The SMILES string of the molecule is CCC1c2ccsc2CCN1C(=O)CN1CCN(c2cccc(OC)c2)CC1. The van der Waals surface area contributed by atoms with Crippen LogP contribution in [0.15, 0.2) is 35.7 Å². The second kappa shape index (κ2) is 8.53. The van der Waals surface area contributed by atoms with Crippen molar-refractivity contribution in [1.82, 2.24) is 9.80 Å². The third kappa shape index (κ3) is 3.89. The molecule has 5 nitrogen and oxygen atoms in total. The van der Waals surface area contributed by atoms with Gasteiger partial charge in [-0.05, 0) is 42.0 Å². The summed E-state index contributed by atoms with van der Waals surface area (Å²) in [6.07, 6.45) is 1.98. The lowest BCUT2D eigenvalue weighted by molar-refractivity contribution is -0.135. The lowest BCUT2D eigenvalue weighted by Crippen LogP contribution is -2.51. The summed E-state index contributed by atoms with van der Waals surface area (Å²) in [6, 6.07) is 10.7.